The number of hydrogen-bond acceptors (Lipinski definition) is 2. The van der Waals surface area contributed by atoms with E-state index in [9.17, 15) is 4.79 Å². The van der Waals surface area contributed by atoms with E-state index in [0.717, 1.165) is 34.9 Å². The van der Waals surface area contributed by atoms with Crippen molar-refractivity contribution >= 4 is 5.91 Å². The summed E-state index contributed by atoms with van der Waals surface area (Å²) in [7, 11) is 0. The van der Waals surface area contributed by atoms with Crippen molar-refractivity contribution < 1.29 is 4.79 Å². The van der Waals surface area contributed by atoms with E-state index in [2.05, 4.69) is 10.4 Å². The largest absolute Gasteiger partial charge is 0.353 e. The quantitative estimate of drug-likeness (QED) is 0.931. The van der Waals surface area contributed by atoms with Gasteiger partial charge >= 0.3 is 0 Å². The first kappa shape index (κ1) is 15.2. The van der Waals surface area contributed by atoms with Crippen molar-refractivity contribution in [2.24, 2.45) is 23.7 Å². The maximum atomic E-state index is 12.5. The Morgan fingerprint density at radius 1 is 1.12 bits per heavy atom. The molecule has 1 N–H and O–H groups in total. The summed E-state index contributed by atoms with van der Waals surface area (Å²) >= 11 is 0. The highest BCUT2D eigenvalue weighted by molar-refractivity contribution is 5.78. The highest BCUT2D eigenvalue weighted by Crippen LogP contribution is 2.58. The molecule has 4 nitrogen and oxygen atoms in total. The van der Waals surface area contributed by atoms with E-state index in [-0.39, 0.29) is 5.91 Å². The van der Waals surface area contributed by atoms with Crippen LogP contribution in [0.3, 0.4) is 0 Å². The predicted molar refractivity (Wildman–Crippen MR) is 96.2 cm³/mol. The molecular weight excluding hydrogens is 310 g/mol. The molecule has 25 heavy (non-hydrogen) atoms. The lowest BCUT2D eigenvalue weighted by molar-refractivity contribution is -0.121. The lowest BCUT2D eigenvalue weighted by atomic mass is 9.79. The van der Waals surface area contributed by atoms with Gasteiger partial charge in [0.2, 0.25) is 5.91 Å². The molecule has 2 bridgehead atoms. The first-order valence-corrected chi connectivity index (χ1v) is 9.66. The molecule has 5 atom stereocenters. The fraction of sp³-hybridized carbons (Fsp3) is 0.524. The van der Waals surface area contributed by atoms with Gasteiger partial charge in [-0.3, -0.25) is 4.79 Å². The smallest absolute Gasteiger partial charge is 0.224 e. The summed E-state index contributed by atoms with van der Waals surface area (Å²) in [5.74, 6) is 3.64. The zero-order valence-electron chi connectivity index (χ0n) is 14.5. The monoisotopic (exact) mass is 335 g/mol. The van der Waals surface area contributed by atoms with E-state index in [4.69, 9.17) is 0 Å². The number of hydrogen-bond donors (Lipinski definition) is 1. The second kappa shape index (κ2) is 6.01. The van der Waals surface area contributed by atoms with Crippen molar-refractivity contribution in [3.63, 3.8) is 0 Å². The van der Waals surface area contributed by atoms with E-state index in [1.807, 2.05) is 41.2 Å². The Bertz CT molecular complexity index is 768. The molecule has 1 amide bonds. The van der Waals surface area contributed by atoms with Crippen LogP contribution < -0.4 is 5.32 Å². The van der Waals surface area contributed by atoms with Crippen molar-refractivity contribution in [3.8, 4) is 5.69 Å². The molecule has 3 fully saturated rings. The van der Waals surface area contributed by atoms with Gasteiger partial charge in [0.25, 0.3) is 0 Å². The Morgan fingerprint density at radius 2 is 1.96 bits per heavy atom. The zero-order valence-corrected chi connectivity index (χ0v) is 14.5. The molecule has 3 aliphatic rings. The van der Waals surface area contributed by atoms with Crippen LogP contribution in [0, 0.1) is 23.7 Å². The van der Waals surface area contributed by atoms with Gasteiger partial charge in [0.05, 0.1) is 18.3 Å². The summed E-state index contributed by atoms with van der Waals surface area (Å²) in [6.07, 6.45) is 11.0. The highest BCUT2D eigenvalue weighted by atomic mass is 16.1. The van der Waals surface area contributed by atoms with Gasteiger partial charge in [-0.2, -0.15) is 5.10 Å². The molecule has 0 saturated heterocycles. The third-order valence-corrected chi connectivity index (χ3v) is 6.80. The molecule has 1 heterocycles. The minimum absolute atomic E-state index is 0.153. The maximum Gasteiger partial charge on any atom is 0.224 e. The first-order chi connectivity index (χ1) is 12.3. The zero-order chi connectivity index (χ0) is 16.8. The molecule has 1 aromatic carbocycles. The molecule has 5 unspecified atom stereocenters. The second-order valence-electron chi connectivity index (χ2n) is 8.13. The molecule has 3 saturated carbocycles. The second-order valence-corrected chi connectivity index (χ2v) is 8.13. The van der Waals surface area contributed by atoms with Gasteiger partial charge in [-0.15, -0.1) is 0 Å². The van der Waals surface area contributed by atoms with Crippen LogP contribution in [-0.4, -0.2) is 21.7 Å². The van der Waals surface area contributed by atoms with Crippen molar-refractivity contribution in [2.75, 3.05) is 0 Å². The summed E-state index contributed by atoms with van der Waals surface area (Å²) < 4.78 is 1.84. The van der Waals surface area contributed by atoms with Crippen LogP contribution in [0.2, 0.25) is 0 Å². The van der Waals surface area contributed by atoms with Gasteiger partial charge in [-0.05, 0) is 67.1 Å². The summed E-state index contributed by atoms with van der Waals surface area (Å²) in [5.41, 5.74) is 2.00. The Balaban J connectivity index is 1.21. The maximum absolute atomic E-state index is 12.5. The lowest BCUT2D eigenvalue weighted by Crippen LogP contribution is -2.43. The van der Waals surface area contributed by atoms with Crippen LogP contribution in [0.15, 0.2) is 42.7 Å². The standard InChI is InChI=1S/C21H25N3O/c25-21(9-14-12-22-24(13-14)16-5-2-1-3-6-16)23-20-11-15-10-19(20)18-8-4-7-17(15)18/h1-3,5-6,12-13,15,17-20H,4,7-11H2,(H,23,25). The third kappa shape index (κ3) is 2.68. The van der Waals surface area contributed by atoms with Crippen LogP contribution in [0.4, 0.5) is 0 Å². The summed E-state index contributed by atoms with van der Waals surface area (Å²) in [6.45, 7) is 0. The van der Waals surface area contributed by atoms with Crippen molar-refractivity contribution in [1.82, 2.24) is 15.1 Å². The van der Waals surface area contributed by atoms with Crippen LogP contribution in [0.1, 0.15) is 37.7 Å². The Labute approximate surface area is 148 Å². The van der Waals surface area contributed by atoms with Gasteiger partial charge in [0, 0.05) is 12.2 Å². The molecule has 0 spiro atoms. The number of nitrogens with one attached hydrogen (secondary N) is 1. The van der Waals surface area contributed by atoms with Crippen molar-refractivity contribution in [2.45, 2.75) is 44.6 Å². The van der Waals surface area contributed by atoms with Crippen LogP contribution in [0.5, 0.6) is 0 Å². The molecule has 1 aromatic heterocycles. The van der Waals surface area contributed by atoms with E-state index in [1.165, 1.54) is 32.1 Å². The molecule has 4 heteroatoms. The molecular formula is C21H25N3O. The first-order valence-electron chi connectivity index (χ1n) is 9.66. The number of benzene rings is 1. The molecule has 0 aliphatic heterocycles. The van der Waals surface area contributed by atoms with Gasteiger partial charge < -0.3 is 5.32 Å². The third-order valence-electron chi connectivity index (χ3n) is 6.80. The Morgan fingerprint density at radius 3 is 2.84 bits per heavy atom. The summed E-state index contributed by atoms with van der Waals surface area (Å²) in [4.78, 5) is 12.5. The van der Waals surface area contributed by atoms with Crippen LogP contribution >= 0.6 is 0 Å². The number of rotatable bonds is 4. The number of amides is 1. The Hall–Kier alpha value is -2.10. The van der Waals surface area contributed by atoms with Crippen molar-refractivity contribution in [3.05, 3.63) is 48.3 Å². The van der Waals surface area contributed by atoms with Crippen LogP contribution in [-0.2, 0) is 11.2 Å². The van der Waals surface area contributed by atoms with Gasteiger partial charge in [-0.25, -0.2) is 4.68 Å². The number of para-hydroxylation sites is 1. The van der Waals surface area contributed by atoms with E-state index in [0.29, 0.717) is 12.5 Å². The lowest BCUT2D eigenvalue weighted by Gasteiger charge is -2.32. The molecule has 130 valence electrons. The summed E-state index contributed by atoms with van der Waals surface area (Å²) in [6, 6.07) is 10.4. The van der Waals surface area contributed by atoms with E-state index < -0.39 is 0 Å². The number of carbonyl (C=O) groups excluding carboxylic acids is 1. The number of fused-ring (bicyclic) bond motifs is 5. The van der Waals surface area contributed by atoms with E-state index in [1.54, 1.807) is 6.20 Å². The average Bonchev–Trinajstić information content (AvgIpc) is 3.37. The molecule has 5 rings (SSSR count). The molecule has 3 aliphatic carbocycles. The van der Waals surface area contributed by atoms with Crippen molar-refractivity contribution in [1.29, 1.82) is 0 Å². The minimum Gasteiger partial charge on any atom is -0.353 e. The fourth-order valence-corrected chi connectivity index (χ4v) is 5.85. The predicted octanol–water partition coefficient (Wildman–Crippen LogP) is 3.36. The van der Waals surface area contributed by atoms with Gasteiger partial charge in [-0.1, -0.05) is 24.6 Å². The average molecular weight is 335 g/mol. The summed E-state index contributed by atoms with van der Waals surface area (Å²) in [5, 5.41) is 7.73. The SMILES string of the molecule is O=C(Cc1cnn(-c2ccccc2)c1)NC1CC2CC1C1CCCC21. The number of aromatic nitrogens is 2. The molecule has 2 aromatic rings. The van der Waals surface area contributed by atoms with Gasteiger partial charge in [0.1, 0.15) is 0 Å². The Kier molecular flexibility index (Phi) is 3.65. The number of nitrogens with zero attached hydrogens (tertiary/aromatic N) is 2. The van der Waals surface area contributed by atoms with Gasteiger partial charge in [0.15, 0.2) is 0 Å². The highest BCUT2D eigenvalue weighted by Gasteiger charge is 2.53. The topological polar surface area (TPSA) is 46.9 Å². The van der Waals surface area contributed by atoms with Crippen LogP contribution in [0.25, 0.3) is 5.69 Å². The normalized spacial score (nSPS) is 32.7. The molecule has 0 radical (unpaired) electrons. The minimum atomic E-state index is 0.153. The van der Waals surface area contributed by atoms with E-state index >= 15 is 0 Å². The number of carbonyl (C=O) groups is 1. The fourth-order valence-electron chi connectivity index (χ4n) is 5.85.